The van der Waals surface area contributed by atoms with Crippen molar-refractivity contribution in [2.24, 2.45) is 0 Å². The van der Waals surface area contributed by atoms with E-state index in [1.807, 2.05) is 4.57 Å². The second kappa shape index (κ2) is 4.76. The summed E-state index contributed by atoms with van der Waals surface area (Å²) in [7, 11) is 1.55. The molecule has 19 heavy (non-hydrogen) atoms. The molecule has 0 amide bonds. The number of ether oxygens (including phenoxy) is 1. The number of aromatic amines is 1. The van der Waals surface area contributed by atoms with E-state index in [4.69, 9.17) is 21.5 Å². The van der Waals surface area contributed by atoms with Gasteiger partial charge in [-0.15, -0.1) is 0 Å². The molecule has 1 N–H and O–H groups in total. The van der Waals surface area contributed by atoms with Gasteiger partial charge in [0, 0.05) is 13.0 Å². The normalized spacial score (nSPS) is 11.0. The van der Waals surface area contributed by atoms with Gasteiger partial charge in [0.15, 0.2) is 16.7 Å². The van der Waals surface area contributed by atoms with E-state index < -0.39 is 0 Å². The van der Waals surface area contributed by atoms with Gasteiger partial charge in [-0.1, -0.05) is 5.16 Å². The Morgan fingerprint density at radius 2 is 2.26 bits per heavy atom. The van der Waals surface area contributed by atoms with Crippen molar-refractivity contribution in [2.45, 2.75) is 13.0 Å². The number of rotatable bonds is 4. The van der Waals surface area contributed by atoms with Gasteiger partial charge in [-0.3, -0.25) is 0 Å². The molecule has 0 saturated carbocycles. The minimum atomic E-state index is 0.465. The summed E-state index contributed by atoms with van der Waals surface area (Å²) in [4.78, 5) is 15.2. The fourth-order valence-electron chi connectivity index (χ4n) is 1.82. The highest BCUT2D eigenvalue weighted by Crippen LogP contribution is 2.20. The number of hydrogen-bond donors (Lipinski definition) is 1. The van der Waals surface area contributed by atoms with Crippen LogP contribution in [-0.2, 0) is 13.0 Å². The van der Waals surface area contributed by atoms with Crippen LogP contribution in [0.5, 0.6) is 5.88 Å². The lowest BCUT2D eigenvalue weighted by Gasteiger charge is -2.02. The van der Waals surface area contributed by atoms with Crippen LogP contribution in [-0.4, -0.2) is 36.8 Å². The number of nitrogens with zero attached hydrogens (tertiary/aromatic N) is 5. The molecule has 0 saturated heterocycles. The summed E-state index contributed by atoms with van der Waals surface area (Å²) < 4.78 is 12.5. The third kappa shape index (κ3) is 2.08. The number of aromatic nitrogens is 6. The molecule has 0 unspecified atom stereocenters. The van der Waals surface area contributed by atoms with Crippen molar-refractivity contribution in [3.05, 3.63) is 23.3 Å². The monoisotopic (exact) mass is 278 g/mol. The first-order valence-corrected chi connectivity index (χ1v) is 5.93. The second-order valence-corrected chi connectivity index (χ2v) is 4.14. The molecule has 98 valence electrons. The van der Waals surface area contributed by atoms with Crippen LogP contribution in [0.25, 0.3) is 11.2 Å². The summed E-state index contributed by atoms with van der Waals surface area (Å²) in [5, 5.41) is 3.56. The minimum absolute atomic E-state index is 0.465. The molecule has 3 rings (SSSR count). The van der Waals surface area contributed by atoms with E-state index in [1.165, 1.54) is 12.7 Å². The molecule has 0 aliphatic carbocycles. The highest BCUT2D eigenvalue weighted by atomic mass is 32.1. The van der Waals surface area contributed by atoms with E-state index >= 15 is 0 Å². The molecular formula is C10H10N6O2S. The van der Waals surface area contributed by atoms with Gasteiger partial charge in [-0.2, -0.15) is 9.97 Å². The van der Waals surface area contributed by atoms with Crippen molar-refractivity contribution >= 4 is 23.4 Å². The van der Waals surface area contributed by atoms with Crippen LogP contribution in [0, 0.1) is 4.77 Å². The Bertz CT molecular complexity index is 747. The van der Waals surface area contributed by atoms with E-state index in [2.05, 4.69) is 25.1 Å². The molecule has 0 fully saturated rings. The number of nitrogens with one attached hydrogen (secondary N) is 1. The van der Waals surface area contributed by atoms with Crippen molar-refractivity contribution < 1.29 is 9.26 Å². The Balaban J connectivity index is 1.99. The van der Waals surface area contributed by atoms with Crippen LogP contribution in [0.2, 0.25) is 0 Å². The van der Waals surface area contributed by atoms with Gasteiger partial charge in [0.2, 0.25) is 11.8 Å². The lowest BCUT2D eigenvalue weighted by molar-refractivity contribution is 0.371. The predicted octanol–water partition coefficient (Wildman–Crippen LogP) is 1.12. The zero-order valence-corrected chi connectivity index (χ0v) is 10.8. The lowest BCUT2D eigenvalue weighted by atomic mass is 10.4. The molecule has 9 heteroatoms. The van der Waals surface area contributed by atoms with Crippen LogP contribution >= 0.6 is 12.2 Å². The van der Waals surface area contributed by atoms with Crippen LogP contribution in [0.3, 0.4) is 0 Å². The molecule has 0 aliphatic heterocycles. The maximum absolute atomic E-state index is 5.27. The average Bonchev–Trinajstić information content (AvgIpc) is 3.03. The zero-order chi connectivity index (χ0) is 13.2. The van der Waals surface area contributed by atoms with Gasteiger partial charge in [-0.25, -0.2) is 4.98 Å². The Labute approximate surface area is 112 Å². The molecule has 0 radical (unpaired) electrons. The molecule has 3 aromatic heterocycles. The fraction of sp³-hybridized carbons (Fsp3) is 0.300. The third-order valence-electron chi connectivity index (χ3n) is 2.67. The molecule has 0 atom stereocenters. The van der Waals surface area contributed by atoms with Gasteiger partial charge in [0.25, 0.3) is 0 Å². The minimum Gasteiger partial charge on any atom is -0.479 e. The molecule has 8 nitrogen and oxygen atoms in total. The first-order valence-electron chi connectivity index (χ1n) is 5.52. The SMILES string of the molecule is COc1ncnc2c1[nH]c(=S)n2CCc1ncno1. The molecule has 3 aromatic rings. The van der Waals surface area contributed by atoms with E-state index in [-0.39, 0.29) is 0 Å². The number of H-pyrrole nitrogens is 1. The van der Waals surface area contributed by atoms with Crippen molar-refractivity contribution in [3.63, 3.8) is 0 Å². The molecule has 0 spiro atoms. The van der Waals surface area contributed by atoms with E-state index in [0.717, 1.165) is 0 Å². The van der Waals surface area contributed by atoms with E-state index in [0.29, 0.717) is 40.7 Å². The summed E-state index contributed by atoms with van der Waals surface area (Å²) in [5.74, 6) is 1.02. The van der Waals surface area contributed by atoms with Crippen LogP contribution in [0.1, 0.15) is 5.89 Å². The van der Waals surface area contributed by atoms with Gasteiger partial charge in [0.05, 0.1) is 7.11 Å². The fourth-order valence-corrected chi connectivity index (χ4v) is 2.10. The maximum atomic E-state index is 5.27. The van der Waals surface area contributed by atoms with E-state index in [1.54, 1.807) is 7.11 Å². The highest BCUT2D eigenvalue weighted by molar-refractivity contribution is 7.71. The van der Waals surface area contributed by atoms with Crippen molar-refractivity contribution in [1.29, 1.82) is 0 Å². The number of fused-ring (bicyclic) bond motifs is 1. The van der Waals surface area contributed by atoms with Gasteiger partial charge in [-0.05, 0) is 12.2 Å². The zero-order valence-electron chi connectivity index (χ0n) is 10.0. The first-order chi connectivity index (χ1) is 9.29. The smallest absolute Gasteiger partial charge is 0.242 e. The Kier molecular flexibility index (Phi) is 2.95. The Morgan fingerprint density at radius 3 is 3.00 bits per heavy atom. The second-order valence-electron chi connectivity index (χ2n) is 3.75. The van der Waals surface area contributed by atoms with Gasteiger partial charge in [0.1, 0.15) is 11.8 Å². The number of methoxy groups -OCH3 is 1. The van der Waals surface area contributed by atoms with Crippen molar-refractivity contribution in [2.75, 3.05) is 7.11 Å². The molecular weight excluding hydrogens is 268 g/mol. The maximum Gasteiger partial charge on any atom is 0.242 e. The standard InChI is InChI=1S/C10H10N6O2S/c1-17-9-7-8(12-4-13-9)16(10(19)15-7)3-2-6-11-5-14-18-6/h4-5H,2-3H2,1H3,(H,15,19). The quantitative estimate of drug-likeness (QED) is 0.714. The topological polar surface area (TPSA) is 94.7 Å². The molecule has 0 aromatic carbocycles. The Morgan fingerprint density at radius 1 is 1.37 bits per heavy atom. The first kappa shape index (κ1) is 11.8. The van der Waals surface area contributed by atoms with Crippen LogP contribution < -0.4 is 4.74 Å². The Hall–Kier alpha value is -2.29. The van der Waals surface area contributed by atoms with Gasteiger partial charge < -0.3 is 18.8 Å². The average molecular weight is 278 g/mol. The number of hydrogen-bond acceptors (Lipinski definition) is 7. The summed E-state index contributed by atoms with van der Waals surface area (Å²) in [5.41, 5.74) is 1.37. The lowest BCUT2D eigenvalue weighted by Crippen LogP contribution is -2.03. The molecule has 0 bridgehead atoms. The summed E-state index contributed by atoms with van der Waals surface area (Å²) in [6.07, 6.45) is 3.38. The number of imidazole rings is 1. The van der Waals surface area contributed by atoms with E-state index in [9.17, 15) is 0 Å². The molecule has 0 aliphatic rings. The highest BCUT2D eigenvalue weighted by Gasteiger charge is 2.12. The van der Waals surface area contributed by atoms with Crippen LogP contribution in [0.15, 0.2) is 17.2 Å². The number of aryl methyl sites for hydroxylation is 2. The largest absolute Gasteiger partial charge is 0.479 e. The third-order valence-corrected chi connectivity index (χ3v) is 3.00. The summed E-state index contributed by atoms with van der Waals surface area (Å²) in [6.45, 7) is 0.585. The van der Waals surface area contributed by atoms with Crippen molar-refractivity contribution in [3.8, 4) is 5.88 Å². The summed E-state index contributed by atoms with van der Waals surface area (Å²) >= 11 is 5.27. The predicted molar refractivity (Wildman–Crippen MR) is 67.3 cm³/mol. The van der Waals surface area contributed by atoms with Crippen molar-refractivity contribution in [1.82, 2.24) is 29.7 Å². The molecule has 3 heterocycles. The van der Waals surface area contributed by atoms with Gasteiger partial charge >= 0.3 is 0 Å². The summed E-state index contributed by atoms with van der Waals surface area (Å²) in [6, 6.07) is 0. The van der Waals surface area contributed by atoms with Crippen LogP contribution in [0.4, 0.5) is 0 Å².